The second-order valence-electron chi connectivity index (χ2n) is 8.13. The van der Waals surface area contributed by atoms with Gasteiger partial charge in [-0.2, -0.15) is 5.10 Å². The Morgan fingerprint density at radius 1 is 0.972 bits per heavy atom. The molecule has 3 aromatic carbocycles. The molecule has 0 saturated carbocycles. The van der Waals surface area contributed by atoms with Crippen LogP contribution in [0.3, 0.4) is 0 Å². The van der Waals surface area contributed by atoms with E-state index in [0.29, 0.717) is 18.5 Å². The van der Waals surface area contributed by atoms with Gasteiger partial charge in [0, 0.05) is 27.9 Å². The molecule has 0 fully saturated rings. The number of hydrogen-bond acceptors (Lipinski definition) is 4. The molecule has 0 spiro atoms. The predicted octanol–water partition coefficient (Wildman–Crippen LogP) is 6.39. The van der Waals surface area contributed by atoms with E-state index in [1.165, 1.54) is 23.9 Å². The molecule has 0 saturated heterocycles. The quantitative estimate of drug-likeness (QED) is 0.262. The SMILES string of the molecule is O=C(NCCc1ccc(F)cc1)c1ccccc1Sc1ccc2c(/C=C/c3ccccn3)n[nH]c2c1. The molecule has 1 amide bonds. The molecule has 0 aliphatic carbocycles. The summed E-state index contributed by atoms with van der Waals surface area (Å²) in [4.78, 5) is 19.1. The van der Waals surface area contributed by atoms with Crippen LogP contribution in [0.1, 0.15) is 27.3 Å². The molecule has 0 bridgehead atoms. The lowest BCUT2D eigenvalue weighted by Gasteiger charge is -2.10. The number of amides is 1. The molecular formula is C29H23FN4OS. The van der Waals surface area contributed by atoms with Crippen molar-refractivity contribution in [1.82, 2.24) is 20.5 Å². The minimum atomic E-state index is -0.265. The number of hydrogen-bond donors (Lipinski definition) is 2. The molecule has 2 heterocycles. The molecule has 5 rings (SSSR count). The van der Waals surface area contributed by atoms with E-state index in [-0.39, 0.29) is 11.7 Å². The monoisotopic (exact) mass is 494 g/mol. The molecule has 36 heavy (non-hydrogen) atoms. The van der Waals surface area contributed by atoms with E-state index >= 15 is 0 Å². The summed E-state index contributed by atoms with van der Waals surface area (Å²) in [7, 11) is 0. The summed E-state index contributed by atoms with van der Waals surface area (Å²) in [5.74, 6) is -0.399. The van der Waals surface area contributed by atoms with Gasteiger partial charge in [0.2, 0.25) is 0 Å². The maximum atomic E-state index is 13.1. The Hall–Kier alpha value is -4.23. The fourth-order valence-electron chi connectivity index (χ4n) is 3.79. The van der Waals surface area contributed by atoms with Crippen molar-refractivity contribution in [2.75, 3.05) is 6.54 Å². The second-order valence-corrected chi connectivity index (χ2v) is 9.25. The molecule has 2 N–H and O–H groups in total. The second kappa shape index (κ2) is 11.0. The number of aromatic nitrogens is 3. The molecule has 0 radical (unpaired) electrons. The highest BCUT2D eigenvalue weighted by Crippen LogP contribution is 2.33. The molecule has 0 unspecified atom stereocenters. The highest BCUT2D eigenvalue weighted by Gasteiger charge is 2.13. The lowest BCUT2D eigenvalue weighted by Crippen LogP contribution is -2.26. The van der Waals surface area contributed by atoms with Gasteiger partial charge < -0.3 is 5.32 Å². The maximum absolute atomic E-state index is 13.1. The van der Waals surface area contributed by atoms with E-state index in [1.807, 2.05) is 72.8 Å². The van der Waals surface area contributed by atoms with E-state index in [4.69, 9.17) is 0 Å². The van der Waals surface area contributed by atoms with Crippen LogP contribution in [0, 0.1) is 5.82 Å². The lowest BCUT2D eigenvalue weighted by atomic mass is 10.1. The van der Waals surface area contributed by atoms with Gasteiger partial charge in [-0.25, -0.2) is 4.39 Å². The molecule has 5 aromatic rings. The standard InChI is InChI=1S/C29H23FN4OS/c30-21-10-8-20(9-11-21)16-18-32-29(35)25-6-1-2-7-28(25)36-23-13-14-24-26(33-34-27(24)19-23)15-12-22-5-3-4-17-31-22/h1-15,17,19H,16,18H2,(H,32,35)(H,33,34)/b15-12+. The number of benzene rings is 3. The fraction of sp³-hybridized carbons (Fsp3) is 0.0690. The van der Waals surface area contributed by atoms with Crippen LogP contribution >= 0.6 is 11.8 Å². The normalized spacial score (nSPS) is 11.2. The molecule has 0 aliphatic heterocycles. The fourth-order valence-corrected chi connectivity index (χ4v) is 4.77. The third kappa shape index (κ3) is 5.70. The number of nitrogens with zero attached hydrogens (tertiary/aromatic N) is 2. The van der Waals surface area contributed by atoms with Gasteiger partial charge in [0.15, 0.2) is 0 Å². The summed E-state index contributed by atoms with van der Waals surface area (Å²) in [6.45, 7) is 0.471. The van der Waals surface area contributed by atoms with Gasteiger partial charge in [-0.3, -0.25) is 14.9 Å². The van der Waals surface area contributed by atoms with Gasteiger partial charge >= 0.3 is 0 Å². The summed E-state index contributed by atoms with van der Waals surface area (Å²) < 4.78 is 13.1. The van der Waals surface area contributed by atoms with Gasteiger partial charge in [0.05, 0.1) is 22.5 Å². The van der Waals surface area contributed by atoms with Crippen LogP contribution in [-0.4, -0.2) is 27.6 Å². The molecule has 178 valence electrons. The van der Waals surface area contributed by atoms with E-state index < -0.39 is 0 Å². The lowest BCUT2D eigenvalue weighted by molar-refractivity contribution is 0.0951. The molecule has 0 atom stereocenters. The number of H-pyrrole nitrogens is 1. The van der Waals surface area contributed by atoms with Crippen LogP contribution in [0.2, 0.25) is 0 Å². The largest absolute Gasteiger partial charge is 0.352 e. The summed E-state index contributed by atoms with van der Waals surface area (Å²) in [5, 5.41) is 11.5. The maximum Gasteiger partial charge on any atom is 0.252 e. The van der Waals surface area contributed by atoms with Gasteiger partial charge in [0.1, 0.15) is 5.82 Å². The van der Waals surface area contributed by atoms with Crippen molar-refractivity contribution in [3.63, 3.8) is 0 Å². The average Bonchev–Trinajstić information content (AvgIpc) is 3.31. The number of aromatic amines is 1. The Labute approximate surface area is 212 Å². The molecule has 5 nitrogen and oxygen atoms in total. The zero-order chi connectivity index (χ0) is 24.7. The molecular weight excluding hydrogens is 471 g/mol. The van der Waals surface area contributed by atoms with Gasteiger partial charge in [-0.05, 0) is 78.7 Å². The van der Waals surface area contributed by atoms with Crippen LogP contribution in [0.4, 0.5) is 4.39 Å². The number of halogens is 1. The van der Waals surface area contributed by atoms with Crippen molar-refractivity contribution in [3.8, 4) is 0 Å². The van der Waals surface area contributed by atoms with E-state index in [2.05, 4.69) is 20.5 Å². The van der Waals surface area contributed by atoms with Crippen molar-refractivity contribution < 1.29 is 9.18 Å². The number of fused-ring (bicyclic) bond motifs is 1. The Bertz CT molecular complexity index is 1510. The highest BCUT2D eigenvalue weighted by molar-refractivity contribution is 7.99. The first-order chi connectivity index (χ1) is 17.7. The van der Waals surface area contributed by atoms with Gasteiger partial charge in [0.25, 0.3) is 5.91 Å². The minimum absolute atomic E-state index is 0.134. The highest BCUT2D eigenvalue weighted by atomic mass is 32.2. The van der Waals surface area contributed by atoms with Crippen molar-refractivity contribution in [3.05, 3.63) is 119 Å². The molecule has 0 aliphatic rings. The zero-order valence-electron chi connectivity index (χ0n) is 19.3. The van der Waals surface area contributed by atoms with Gasteiger partial charge in [-0.1, -0.05) is 42.1 Å². The number of rotatable bonds is 8. The van der Waals surface area contributed by atoms with Crippen molar-refractivity contribution in [2.45, 2.75) is 16.2 Å². The Morgan fingerprint density at radius 3 is 2.64 bits per heavy atom. The number of pyridine rings is 1. The number of carbonyl (C=O) groups excluding carboxylic acids is 1. The van der Waals surface area contributed by atoms with Crippen molar-refractivity contribution >= 4 is 40.7 Å². The third-order valence-corrected chi connectivity index (χ3v) is 6.70. The first-order valence-corrected chi connectivity index (χ1v) is 12.3. The Balaban J connectivity index is 1.27. The predicted molar refractivity (Wildman–Crippen MR) is 142 cm³/mol. The van der Waals surface area contributed by atoms with Crippen LogP contribution in [0.5, 0.6) is 0 Å². The summed E-state index contributed by atoms with van der Waals surface area (Å²) >= 11 is 1.53. The minimum Gasteiger partial charge on any atom is -0.352 e. The first-order valence-electron chi connectivity index (χ1n) is 11.5. The first kappa shape index (κ1) is 23.5. The smallest absolute Gasteiger partial charge is 0.252 e. The number of nitrogens with one attached hydrogen (secondary N) is 2. The summed E-state index contributed by atoms with van der Waals surface area (Å²) in [6.07, 6.45) is 6.27. The zero-order valence-corrected chi connectivity index (χ0v) is 20.1. The van der Waals surface area contributed by atoms with E-state index in [1.54, 1.807) is 18.3 Å². The van der Waals surface area contributed by atoms with Crippen molar-refractivity contribution in [1.29, 1.82) is 0 Å². The molecule has 2 aromatic heterocycles. The molecule has 7 heteroatoms. The summed E-state index contributed by atoms with van der Waals surface area (Å²) in [5.41, 5.74) is 4.22. The van der Waals surface area contributed by atoms with Crippen LogP contribution in [0.15, 0.2) is 101 Å². The number of carbonyl (C=O) groups is 1. The van der Waals surface area contributed by atoms with Gasteiger partial charge in [-0.15, -0.1) is 0 Å². The van der Waals surface area contributed by atoms with E-state index in [9.17, 15) is 9.18 Å². The Kier molecular flexibility index (Phi) is 7.19. The average molecular weight is 495 g/mol. The Morgan fingerprint density at radius 2 is 1.81 bits per heavy atom. The third-order valence-electron chi connectivity index (χ3n) is 5.64. The van der Waals surface area contributed by atoms with Crippen LogP contribution < -0.4 is 5.32 Å². The van der Waals surface area contributed by atoms with Crippen LogP contribution in [-0.2, 0) is 6.42 Å². The van der Waals surface area contributed by atoms with Crippen molar-refractivity contribution in [2.24, 2.45) is 0 Å². The van der Waals surface area contributed by atoms with E-state index in [0.717, 1.165) is 37.6 Å². The topological polar surface area (TPSA) is 70.7 Å². The summed E-state index contributed by atoms with van der Waals surface area (Å²) in [6, 6.07) is 25.7. The van der Waals surface area contributed by atoms with Crippen LogP contribution in [0.25, 0.3) is 23.1 Å².